The molecule has 2 atom stereocenters. The second-order valence-electron chi connectivity index (χ2n) is 8.06. The highest BCUT2D eigenvalue weighted by Gasteiger charge is 2.21. The highest BCUT2D eigenvalue weighted by atomic mass is 19.1. The fourth-order valence-electron chi connectivity index (χ4n) is 4.15. The molecular formula is C23H27FN6. The van der Waals surface area contributed by atoms with Gasteiger partial charge in [-0.3, -0.25) is 4.99 Å². The van der Waals surface area contributed by atoms with E-state index in [2.05, 4.69) is 46.2 Å². The minimum Gasteiger partial charge on any atom is -0.396 e. The summed E-state index contributed by atoms with van der Waals surface area (Å²) in [7, 11) is 1.62. The topological polar surface area (TPSA) is 79.4 Å². The molecule has 0 bridgehead atoms. The molecule has 1 aliphatic heterocycles. The van der Waals surface area contributed by atoms with Crippen molar-refractivity contribution in [2.24, 2.45) is 4.99 Å². The molecule has 0 radical (unpaired) electrons. The minimum atomic E-state index is -0.499. The van der Waals surface area contributed by atoms with Crippen molar-refractivity contribution in [3.63, 3.8) is 0 Å². The lowest BCUT2D eigenvalue weighted by molar-refractivity contribution is 0.407. The van der Waals surface area contributed by atoms with Gasteiger partial charge in [-0.2, -0.15) is 0 Å². The van der Waals surface area contributed by atoms with Gasteiger partial charge in [0, 0.05) is 66.3 Å². The fraction of sp³-hybridized carbons (Fsp3) is 0.348. The van der Waals surface area contributed by atoms with Crippen LogP contribution in [-0.2, 0) is 0 Å². The zero-order valence-corrected chi connectivity index (χ0v) is 17.8. The Hall–Kier alpha value is -3.06. The quantitative estimate of drug-likeness (QED) is 0.514. The Morgan fingerprint density at radius 3 is 2.60 bits per heavy atom. The Morgan fingerprint density at radius 1 is 1.17 bits per heavy atom. The van der Waals surface area contributed by atoms with Gasteiger partial charge in [0.2, 0.25) is 0 Å². The van der Waals surface area contributed by atoms with Crippen molar-refractivity contribution in [2.45, 2.75) is 32.9 Å². The van der Waals surface area contributed by atoms with E-state index in [1.165, 1.54) is 18.0 Å². The van der Waals surface area contributed by atoms with E-state index in [1.807, 2.05) is 13.0 Å². The SMILES string of the molecule is CN=Cc1cc(-c2nc(C)c3cc(N4CC(C)NC(C)C4)ccc3n2)cc(F)c1N. The van der Waals surface area contributed by atoms with Gasteiger partial charge in [-0.15, -0.1) is 0 Å². The monoisotopic (exact) mass is 406 g/mol. The number of nitrogens with one attached hydrogen (secondary N) is 1. The highest BCUT2D eigenvalue weighted by Crippen LogP contribution is 2.29. The Bertz CT molecular complexity index is 1120. The van der Waals surface area contributed by atoms with E-state index >= 15 is 0 Å². The molecule has 0 spiro atoms. The maximum absolute atomic E-state index is 14.3. The van der Waals surface area contributed by atoms with Crippen molar-refractivity contribution in [1.82, 2.24) is 15.3 Å². The van der Waals surface area contributed by atoms with E-state index in [0.717, 1.165) is 29.7 Å². The summed E-state index contributed by atoms with van der Waals surface area (Å²) < 4.78 is 14.3. The van der Waals surface area contributed by atoms with E-state index in [9.17, 15) is 4.39 Å². The molecule has 0 amide bonds. The van der Waals surface area contributed by atoms with Crippen LogP contribution in [0.1, 0.15) is 25.1 Å². The number of piperazine rings is 1. The Morgan fingerprint density at radius 2 is 1.90 bits per heavy atom. The smallest absolute Gasteiger partial charge is 0.160 e. The van der Waals surface area contributed by atoms with E-state index < -0.39 is 5.82 Å². The van der Waals surface area contributed by atoms with Gasteiger partial charge in [0.1, 0.15) is 5.82 Å². The van der Waals surface area contributed by atoms with Crippen LogP contribution in [0.3, 0.4) is 0 Å². The average Bonchev–Trinajstić information content (AvgIpc) is 2.70. The summed E-state index contributed by atoms with van der Waals surface area (Å²) in [6.45, 7) is 8.28. The van der Waals surface area contributed by atoms with E-state index in [4.69, 9.17) is 10.7 Å². The van der Waals surface area contributed by atoms with Crippen LogP contribution in [0.25, 0.3) is 22.3 Å². The van der Waals surface area contributed by atoms with Crippen LogP contribution in [-0.4, -0.2) is 48.4 Å². The number of hydrogen-bond acceptors (Lipinski definition) is 6. The van der Waals surface area contributed by atoms with Gasteiger partial charge in [-0.1, -0.05) is 0 Å². The molecule has 1 saturated heterocycles. The van der Waals surface area contributed by atoms with Crippen molar-refractivity contribution in [2.75, 3.05) is 30.8 Å². The Kier molecular flexibility index (Phi) is 5.39. The van der Waals surface area contributed by atoms with Crippen LogP contribution in [0, 0.1) is 12.7 Å². The molecule has 3 N–H and O–H groups in total. The molecule has 2 heterocycles. The lowest BCUT2D eigenvalue weighted by atomic mass is 10.1. The third-order valence-electron chi connectivity index (χ3n) is 5.48. The van der Waals surface area contributed by atoms with Crippen LogP contribution in [0.4, 0.5) is 15.8 Å². The average molecular weight is 407 g/mol. The molecule has 30 heavy (non-hydrogen) atoms. The van der Waals surface area contributed by atoms with Gasteiger partial charge in [0.25, 0.3) is 0 Å². The number of aromatic nitrogens is 2. The predicted octanol–water partition coefficient (Wildman–Crippen LogP) is 3.56. The molecule has 4 rings (SSSR count). The second kappa shape index (κ2) is 7.99. The lowest BCUT2D eigenvalue weighted by Crippen LogP contribution is -2.54. The second-order valence-corrected chi connectivity index (χ2v) is 8.06. The summed E-state index contributed by atoms with van der Waals surface area (Å²) in [4.78, 5) is 15.7. The molecule has 1 aromatic heterocycles. The molecule has 3 aromatic rings. The molecular weight excluding hydrogens is 379 g/mol. The van der Waals surface area contributed by atoms with Gasteiger partial charge in [-0.25, -0.2) is 14.4 Å². The number of halogens is 1. The van der Waals surface area contributed by atoms with Crippen molar-refractivity contribution in [3.05, 3.63) is 47.4 Å². The molecule has 2 unspecified atom stereocenters. The molecule has 0 saturated carbocycles. The first-order chi connectivity index (χ1) is 14.4. The number of nitrogens with two attached hydrogens (primary N) is 1. The summed E-state index contributed by atoms with van der Waals surface area (Å²) in [5.74, 6) is -0.0251. The number of rotatable bonds is 3. The van der Waals surface area contributed by atoms with Crippen molar-refractivity contribution < 1.29 is 4.39 Å². The highest BCUT2D eigenvalue weighted by molar-refractivity contribution is 5.90. The Labute approximate surface area is 176 Å². The number of benzene rings is 2. The number of aryl methyl sites for hydroxylation is 1. The molecule has 7 heteroatoms. The zero-order valence-electron chi connectivity index (χ0n) is 17.8. The van der Waals surface area contributed by atoms with Gasteiger partial charge < -0.3 is 16.0 Å². The first kappa shape index (κ1) is 20.2. The number of hydrogen-bond donors (Lipinski definition) is 2. The predicted molar refractivity (Wildman–Crippen MR) is 122 cm³/mol. The summed E-state index contributed by atoms with van der Waals surface area (Å²) in [5, 5.41) is 4.56. The minimum absolute atomic E-state index is 0.0750. The molecule has 156 valence electrons. The molecule has 1 aliphatic rings. The van der Waals surface area contributed by atoms with E-state index in [-0.39, 0.29) is 5.69 Å². The number of nitrogen functional groups attached to an aromatic ring is 1. The van der Waals surface area contributed by atoms with Crippen LogP contribution < -0.4 is 16.0 Å². The number of nitrogens with zero attached hydrogens (tertiary/aromatic N) is 4. The third-order valence-corrected chi connectivity index (χ3v) is 5.48. The summed E-state index contributed by atoms with van der Waals surface area (Å²) >= 11 is 0. The standard InChI is InChI=1S/C23H27FN6/c1-13-11-30(12-14(2)27-13)18-5-6-21-19(9-18)15(3)28-23(29-21)16-7-17(10-26-4)22(25)20(24)8-16/h5-10,13-14,27H,11-12,25H2,1-4H3. The van der Waals surface area contributed by atoms with Gasteiger partial charge in [0.05, 0.1) is 11.2 Å². The maximum Gasteiger partial charge on any atom is 0.160 e. The number of aliphatic imine (C=N–C) groups is 1. The van der Waals surface area contributed by atoms with Crippen LogP contribution in [0.2, 0.25) is 0 Å². The van der Waals surface area contributed by atoms with Gasteiger partial charge in [-0.05, 0) is 51.1 Å². The van der Waals surface area contributed by atoms with Gasteiger partial charge >= 0.3 is 0 Å². The van der Waals surface area contributed by atoms with Gasteiger partial charge in [0.15, 0.2) is 5.82 Å². The molecule has 6 nitrogen and oxygen atoms in total. The van der Waals surface area contributed by atoms with E-state index in [0.29, 0.717) is 29.0 Å². The van der Waals surface area contributed by atoms with Crippen LogP contribution in [0.5, 0.6) is 0 Å². The molecule has 2 aromatic carbocycles. The van der Waals surface area contributed by atoms with Crippen LogP contribution in [0.15, 0.2) is 35.3 Å². The van der Waals surface area contributed by atoms with Crippen LogP contribution >= 0.6 is 0 Å². The lowest BCUT2D eigenvalue weighted by Gasteiger charge is -2.37. The Balaban J connectivity index is 1.75. The summed E-state index contributed by atoms with van der Waals surface area (Å²) in [5.41, 5.74) is 9.86. The van der Waals surface area contributed by atoms with E-state index in [1.54, 1.807) is 13.1 Å². The molecule has 0 aliphatic carbocycles. The number of anilines is 2. The molecule has 1 fully saturated rings. The van der Waals surface area contributed by atoms with Crippen molar-refractivity contribution in [3.8, 4) is 11.4 Å². The van der Waals surface area contributed by atoms with Crippen molar-refractivity contribution >= 4 is 28.5 Å². The normalized spacial score (nSPS) is 19.7. The largest absolute Gasteiger partial charge is 0.396 e. The first-order valence-electron chi connectivity index (χ1n) is 10.2. The zero-order chi connectivity index (χ0) is 21.4. The maximum atomic E-state index is 14.3. The summed E-state index contributed by atoms with van der Waals surface area (Å²) in [6, 6.07) is 10.3. The number of fused-ring (bicyclic) bond motifs is 1. The van der Waals surface area contributed by atoms with Crippen molar-refractivity contribution in [1.29, 1.82) is 0 Å². The summed E-state index contributed by atoms with van der Waals surface area (Å²) in [6.07, 6.45) is 1.54. The fourth-order valence-corrected chi connectivity index (χ4v) is 4.15. The first-order valence-corrected chi connectivity index (χ1v) is 10.2. The third kappa shape index (κ3) is 3.85.